The van der Waals surface area contributed by atoms with E-state index in [1.165, 1.54) is 5.56 Å². The Morgan fingerprint density at radius 2 is 1.85 bits per heavy atom. The molecule has 2 N–H and O–H groups in total. The number of piperidine rings is 1. The summed E-state index contributed by atoms with van der Waals surface area (Å²) < 4.78 is 6.21. The predicted octanol–water partition coefficient (Wildman–Crippen LogP) is 4.71. The lowest BCUT2D eigenvalue weighted by molar-refractivity contribution is 0.0570. The Morgan fingerprint density at radius 3 is 2.62 bits per heavy atom. The van der Waals surface area contributed by atoms with Gasteiger partial charge in [-0.2, -0.15) is 5.10 Å². The van der Waals surface area contributed by atoms with Gasteiger partial charge in [0, 0.05) is 21.4 Å². The van der Waals surface area contributed by atoms with Crippen molar-refractivity contribution in [1.29, 1.82) is 0 Å². The van der Waals surface area contributed by atoms with Crippen LogP contribution in [0.4, 0.5) is 0 Å². The molecule has 6 heteroatoms. The van der Waals surface area contributed by atoms with Gasteiger partial charge in [0.2, 0.25) is 0 Å². The molecule has 0 atom stereocenters. The van der Waals surface area contributed by atoms with Crippen molar-refractivity contribution in [1.82, 2.24) is 15.5 Å². The summed E-state index contributed by atoms with van der Waals surface area (Å²) in [6.45, 7) is 3.15. The molecule has 1 aliphatic heterocycles. The van der Waals surface area contributed by atoms with Crippen molar-refractivity contribution in [3.8, 4) is 0 Å². The number of nitrogens with zero attached hydrogens (tertiary/aromatic N) is 1. The fourth-order valence-corrected chi connectivity index (χ4v) is 4.23. The average Bonchev–Trinajstić information content (AvgIpc) is 3.04. The number of nitrogens with one attached hydrogen (secondary N) is 2. The summed E-state index contributed by atoms with van der Waals surface area (Å²) >= 11 is 12.4. The van der Waals surface area contributed by atoms with Crippen LogP contribution in [-0.4, -0.2) is 29.9 Å². The molecule has 1 fully saturated rings. The van der Waals surface area contributed by atoms with Crippen molar-refractivity contribution in [2.24, 2.45) is 0 Å². The summed E-state index contributed by atoms with van der Waals surface area (Å²) in [5.41, 5.74) is 3.17. The maximum Gasteiger partial charge on any atom is 0.132 e. The number of ether oxygens (including phenoxy) is 1. The number of H-pyrrole nitrogens is 1. The van der Waals surface area contributed by atoms with E-state index in [0.717, 1.165) is 42.4 Å². The molecule has 0 unspecified atom stereocenters. The first-order chi connectivity index (χ1) is 12.7. The van der Waals surface area contributed by atoms with E-state index >= 15 is 0 Å². The van der Waals surface area contributed by atoms with E-state index in [-0.39, 0.29) is 5.41 Å². The molecule has 0 radical (unpaired) electrons. The standard InChI is InChI=1S/C20H21Cl2N3O/c21-16-10-14(18-17(11-16)19(22)25-24-18)12-26-13-20(6-8-23-9-7-20)15-4-2-1-3-5-15/h1-5,10-11,23H,6-9,12-13H2,(H,24,25). The number of hydrogen-bond acceptors (Lipinski definition) is 3. The number of rotatable bonds is 5. The summed E-state index contributed by atoms with van der Waals surface area (Å²) in [6.07, 6.45) is 2.13. The molecular formula is C20H21Cl2N3O. The molecular weight excluding hydrogens is 369 g/mol. The number of hydrogen-bond donors (Lipinski definition) is 2. The van der Waals surface area contributed by atoms with Crippen LogP contribution in [0.2, 0.25) is 10.2 Å². The first-order valence-corrected chi connectivity index (χ1v) is 9.60. The summed E-state index contributed by atoms with van der Waals surface area (Å²) in [7, 11) is 0. The summed E-state index contributed by atoms with van der Waals surface area (Å²) in [5.74, 6) is 0. The van der Waals surface area contributed by atoms with Gasteiger partial charge in [-0.25, -0.2) is 0 Å². The van der Waals surface area contributed by atoms with E-state index in [9.17, 15) is 0 Å². The maximum atomic E-state index is 6.24. The molecule has 4 nitrogen and oxygen atoms in total. The molecule has 0 amide bonds. The number of benzene rings is 2. The first kappa shape index (κ1) is 17.8. The zero-order chi connectivity index (χ0) is 18.0. The van der Waals surface area contributed by atoms with E-state index < -0.39 is 0 Å². The van der Waals surface area contributed by atoms with E-state index in [4.69, 9.17) is 27.9 Å². The topological polar surface area (TPSA) is 49.9 Å². The van der Waals surface area contributed by atoms with E-state index in [1.54, 1.807) is 0 Å². The summed E-state index contributed by atoms with van der Waals surface area (Å²) in [4.78, 5) is 0. The Balaban J connectivity index is 1.54. The number of fused-ring (bicyclic) bond motifs is 1. The molecule has 0 saturated carbocycles. The van der Waals surface area contributed by atoms with Gasteiger partial charge in [-0.3, -0.25) is 5.10 Å². The van der Waals surface area contributed by atoms with Crippen molar-refractivity contribution >= 4 is 34.1 Å². The molecule has 0 bridgehead atoms. The normalized spacial score (nSPS) is 16.8. The molecule has 0 spiro atoms. The molecule has 136 valence electrons. The van der Waals surface area contributed by atoms with Crippen molar-refractivity contribution < 1.29 is 4.74 Å². The van der Waals surface area contributed by atoms with Crippen LogP contribution in [0.25, 0.3) is 10.9 Å². The van der Waals surface area contributed by atoms with Gasteiger partial charge in [-0.15, -0.1) is 0 Å². The third kappa shape index (κ3) is 3.47. The SMILES string of the molecule is Clc1cc(COCC2(c3ccccc3)CCNCC2)c2n[nH]c(Cl)c2c1. The minimum atomic E-state index is 0.0490. The van der Waals surface area contributed by atoms with Crippen molar-refractivity contribution in [3.05, 3.63) is 63.8 Å². The van der Waals surface area contributed by atoms with Gasteiger partial charge in [0.25, 0.3) is 0 Å². The highest BCUT2D eigenvalue weighted by Crippen LogP contribution is 2.34. The Bertz CT molecular complexity index is 889. The smallest absolute Gasteiger partial charge is 0.132 e. The van der Waals surface area contributed by atoms with Crippen LogP contribution >= 0.6 is 23.2 Å². The molecule has 1 aromatic heterocycles. The van der Waals surface area contributed by atoms with Crippen molar-refractivity contribution in [2.75, 3.05) is 19.7 Å². The second kappa shape index (κ2) is 7.57. The fourth-order valence-electron chi connectivity index (χ4n) is 3.80. The van der Waals surface area contributed by atoms with Crippen LogP contribution < -0.4 is 5.32 Å². The van der Waals surface area contributed by atoms with Crippen LogP contribution in [-0.2, 0) is 16.8 Å². The van der Waals surface area contributed by atoms with Gasteiger partial charge in [0.05, 0.1) is 18.7 Å². The third-order valence-electron chi connectivity index (χ3n) is 5.24. The lowest BCUT2D eigenvalue weighted by Crippen LogP contribution is -2.43. The highest BCUT2D eigenvalue weighted by atomic mass is 35.5. The van der Waals surface area contributed by atoms with Crippen LogP contribution in [0.5, 0.6) is 0 Å². The quantitative estimate of drug-likeness (QED) is 0.664. The van der Waals surface area contributed by atoms with Crippen molar-refractivity contribution in [2.45, 2.75) is 24.9 Å². The van der Waals surface area contributed by atoms with Crippen LogP contribution in [0.1, 0.15) is 24.0 Å². The van der Waals surface area contributed by atoms with E-state index in [0.29, 0.717) is 23.4 Å². The molecule has 3 aromatic rings. The van der Waals surface area contributed by atoms with Gasteiger partial charge >= 0.3 is 0 Å². The van der Waals surface area contributed by atoms with Gasteiger partial charge in [-0.05, 0) is 43.6 Å². The zero-order valence-corrected chi connectivity index (χ0v) is 15.9. The molecule has 0 aliphatic carbocycles. The molecule has 26 heavy (non-hydrogen) atoms. The Morgan fingerprint density at radius 1 is 1.08 bits per heavy atom. The monoisotopic (exact) mass is 389 g/mol. The largest absolute Gasteiger partial charge is 0.376 e. The minimum absolute atomic E-state index is 0.0490. The first-order valence-electron chi connectivity index (χ1n) is 8.84. The van der Waals surface area contributed by atoms with Gasteiger partial charge in [0.15, 0.2) is 0 Å². The fraction of sp³-hybridized carbons (Fsp3) is 0.350. The average molecular weight is 390 g/mol. The van der Waals surface area contributed by atoms with E-state index in [1.807, 2.05) is 12.1 Å². The van der Waals surface area contributed by atoms with Gasteiger partial charge in [0.1, 0.15) is 5.15 Å². The highest BCUT2D eigenvalue weighted by molar-refractivity contribution is 6.36. The Kier molecular flexibility index (Phi) is 5.18. The summed E-state index contributed by atoms with van der Waals surface area (Å²) in [5, 5.41) is 12.5. The Labute approximate surface area is 162 Å². The second-order valence-electron chi connectivity index (χ2n) is 6.89. The lowest BCUT2D eigenvalue weighted by atomic mass is 9.74. The number of aromatic nitrogens is 2. The lowest BCUT2D eigenvalue weighted by Gasteiger charge is -2.38. The van der Waals surface area contributed by atoms with Crippen LogP contribution in [0.3, 0.4) is 0 Å². The predicted molar refractivity (Wildman–Crippen MR) is 106 cm³/mol. The van der Waals surface area contributed by atoms with Crippen molar-refractivity contribution in [3.63, 3.8) is 0 Å². The second-order valence-corrected chi connectivity index (χ2v) is 7.70. The third-order valence-corrected chi connectivity index (χ3v) is 5.75. The molecule has 4 rings (SSSR count). The Hall–Kier alpha value is -1.59. The van der Waals surface area contributed by atoms with Gasteiger partial charge in [-0.1, -0.05) is 53.5 Å². The number of aromatic amines is 1. The molecule has 1 saturated heterocycles. The van der Waals surface area contributed by atoms with Gasteiger partial charge < -0.3 is 10.1 Å². The molecule has 2 heterocycles. The van der Waals surface area contributed by atoms with Crippen LogP contribution in [0.15, 0.2) is 42.5 Å². The number of halogens is 2. The highest BCUT2D eigenvalue weighted by Gasteiger charge is 2.34. The van der Waals surface area contributed by atoms with E-state index in [2.05, 4.69) is 45.8 Å². The minimum Gasteiger partial charge on any atom is -0.376 e. The zero-order valence-electron chi connectivity index (χ0n) is 14.4. The molecule has 2 aromatic carbocycles. The van der Waals surface area contributed by atoms with Crippen LogP contribution in [0, 0.1) is 0 Å². The maximum absolute atomic E-state index is 6.24. The molecule has 1 aliphatic rings. The summed E-state index contributed by atoms with van der Waals surface area (Å²) in [6, 6.07) is 14.4.